The topological polar surface area (TPSA) is 90.0 Å². The van der Waals surface area contributed by atoms with E-state index in [0.29, 0.717) is 18.8 Å². The number of aromatic amines is 1. The van der Waals surface area contributed by atoms with Crippen LogP contribution in [0.4, 0.5) is 11.4 Å². The third kappa shape index (κ3) is 5.32. The van der Waals surface area contributed by atoms with Crippen LogP contribution in [-0.2, 0) is 6.54 Å². The van der Waals surface area contributed by atoms with Gasteiger partial charge in [-0.05, 0) is 23.8 Å². The van der Waals surface area contributed by atoms with Crippen LogP contribution in [0, 0.1) is 0 Å². The van der Waals surface area contributed by atoms with Crippen molar-refractivity contribution in [3.63, 3.8) is 0 Å². The number of aliphatic hydroxyl groups excluding tert-OH is 1. The van der Waals surface area contributed by atoms with Crippen molar-refractivity contribution in [1.29, 1.82) is 0 Å². The second kappa shape index (κ2) is 9.21. The van der Waals surface area contributed by atoms with Crippen LogP contribution in [0.1, 0.15) is 5.56 Å². The monoisotopic (exact) mass is 384 g/mol. The zero-order valence-corrected chi connectivity index (χ0v) is 15.4. The van der Waals surface area contributed by atoms with Gasteiger partial charge in [-0.25, -0.2) is 5.10 Å². The first-order valence-corrected chi connectivity index (χ1v) is 9.15. The Morgan fingerprint density at radius 3 is 2.56 bits per heavy atom. The van der Waals surface area contributed by atoms with Gasteiger partial charge in [0.25, 0.3) is 5.56 Å². The molecule has 0 saturated heterocycles. The van der Waals surface area contributed by atoms with Gasteiger partial charge in [-0.1, -0.05) is 36.4 Å². The summed E-state index contributed by atoms with van der Waals surface area (Å²) in [4.78, 5) is 11.2. The number of aliphatic hydroxyl groups is 1. The second-order valence-corrected chi connectivity index (χ2v) is 6.40. The SMILES string of the molecule is O=c1ccc(-c2ccc(NCc3ccccc3)c(NCC(O)CCl)c2)n[nH]1. The molecule has 0 bridgehead atoms. The molecule has 1 aromatic heterocycles. The normalized spacial score (nSPS) is 11.8. The molecule has 3 aromatic rings. The molecule has 4 N–H and O–H groups in total. The Bertz CT molecular complexity index is 910. The fraction of sp³-hybridized carbons (Fsp3) is 0.200. The number of hydrogen-bond donors (Lipinski definition) is 4. The van der Waals surface area contributed by atoms with E-state index in [0.717, 1.165) is 22.5 Å². The Labute approximate surface area is 162 Å². The van der Waals surface area contributed by atoms with Crippen LogP contribution in [0.5, 0.6) is 0 Å². The van der Waals surface area contributed by atoms with E-state index >= 15 is 0 Å². The van der Waals surface area contributed by atoms with Gasteiger partial charge >= 0.3 is 0 Å². The summed E-state index contributed by atoms with van der Waals surface area (Å²) < 4.78 is 0. The zero-order chi connectivity index (χ0) is 19.1. The van der Waals surface area contributed by atoms with Crippen molar-refractivity contribution in [2.75, 3.05) is 23.1 Å². The molecule has 7 heteroatoms. The molecule has 0 fully saturated rings. The van der Waals surface area contributed by atoms with E-state index in [2.05, 4.69) is 33.0 Å². The average molecular weight is 385 g/mol. The van der Waals surface area contributed by atoms with Crippen molar-refractivity contribution in [2.45, 2.75) is 12.6 Å². The fourth-order valence-electron chi connectivity index (χ4n) is 2.58. The predicted molar refractivity (Wildman–Crippen MR) is 109 cm³/mol. The first-order valence-electron chi connectivity index (χ1n) is 8.61. The summed E-state index contributed by atoms with van der Waals surface area (Å²) in [7, 11) is 0. The van der Waals surface area contributed by atoms with Gasteiger partial charge in [0, 0.05) is 24.7 Å². The largest absolute Gasteiger partial charge is 0.390 e. The maximum atomic E-state index is 11.2. The Hall–Kier alpha value is -2.83. The van der Waals surface area contributed by atoms with Crippen LogP contribution in [0.2, 0.25) is 0 Å². The maximum Gasteiger partial charge on any atom is 0.264 e. The van der Waals surface area contributed by atoms with Gasteiger partial charge in [0.2, 0.25) is 0 Å². The van der Waals surface area contributed by atoms with Gasteiger partial charge < -0.3 is 15.7 Å². The number of anilines is 2. The highest BCUT2D eigenvalue weighted by molar-refractivity contribution is 6.18. The number of aromatic nitrogens is 2. The molecule has 0 saturated carbocycles. The summed E-state index contributed by atoms with van der Waals surface area (Å²) in [6.07, 6.45) is -0.650. The highest BCUT2D eigenvalue weighted by Crippen LogP contribution is 2.28. The van der Waals surface area contributed by atoms with Crippen LogP contribution < -0.4 is 16.2 Å². The molecule has 1 unspecified atom stereocenters. The number of halogens is 1. The minimum absolute atomic E-state index is 0.154. The molecule has 140 valence electrons. The van der Waals surface area contributed by atoms with Gasteiger partial charge in [0.1, 0.15) is 0 Å². The molecule has 0 amide bonds. The summed E-state index contributed by atoms with van der Waals surface area (Å²) in [6.45, 7) is 0.996. The highest BCUT2D eigenvalue weighted by atomic mass is 35.5. The van der Waals surface area contributed by atoms with E-state index in [-0.39, 0.29) is 11.4 Å². The molecule has 0 spiro atoms. The number of nitrogens with one attached hydrogen (secondary N) is 3. The highest BCUT2D eigenvalue weighted by Gasteiger charge is 2.09. The Morgan fingerprint density at radius 2 is 1.85 bits per heavy atom. The Balaban J connectivity index is 1.84. The molecule has 3 rings (SSSR count). The minimum atomic E-state index is -0.650. The van der Waals surface area contributed by atoms with Crippen molar-refractivity contribution in [3.05, 3.63) is 76.6 Å². The lowest BCUT2D eigenvalue weighted by atomic mass is 10.1. The summed E-state index contributed by atoms with van der Waals surface area (Å²) in [5.41, 5.74) is 4.14. The molecule has 1 atom stereocenters. The van der Waals surface area contributed by atoms with Gasteiger partial charge in [0.15, 0.2) is 0 Å². The maximum absolute atomic E-state index is 11.2. The minimum Gasteiger partial charge on any atom is -0.390 e. The van der Waals surface area contributed by atoms with E-state index in [4.69, 9.17) is 11.6 Å². The fourth-order valence-corrected chi connectivity index (χ4v) is 2.69. The first kappa shape index (κ1) is 18.9. The number of rotatable bonds is 8. The van der Waals surface area contributed by atoms with E-state index in [1.54, 1.807) is 6.07 Å². The van der Waals surface area contributed by atoms with Gasteiger partial charge in [-0.2, -0.15) is 5.10 Å². The van der Waals surface area contributed by atoms with Crippen LogP contribution in [0.3, 0.4) is 0 Å². The predicted octanol–water partition coefficient (Wildman–Crippen LogP) is 3.06. The van der Waals surface area contributed by atoms with E-state index in [1.165, 1.54) is 6.07 Å². The molecule has 6 nitrogen and oxygen atoms in total. The number of alkyl halides is 1. The number of hydrogen-bond acceptors (Lipinski definition) is 5. The molecule has 0 aliphatic rings. The van der Waals surface area contributed by atoms with Crippen molar-refractivity contribution < 1.29 is 5.11 Å². The molecule has 2 aromatic carbocycles. The molecule has 27 heavy (non-hydrogen) atoms. The van der Waals surface area contributed by atoms with E-state index in [1.807, 2.05) is 36.4 Å². The zero-order valence-electron chi connectivity index (χ0n) is 14.7. The molecular weight excluding hydrogens is 364 g/mol. The summed E-state index contributed by atoms with van der Waals surface area (Å²) >= 11 is 5.69. The van der Waals surface area contributed by atoms with Gasteiger partial charge in [0.05, 0.1) is 29.1 Å². The van der Waals surface area contributed by atoms with Crippen molar-refractivity contribution in [2.24, 2.45) is 0 Å². The lowest BCUT2D eigenvalue weighted by molar-refractivity contribution is 0.211. The van der Waals surface area contributed by atoms with Crippen LogP contribution in [0.25, 0.3) is 11.3 Å². The molecular formula is C20H21ClN4O2. The number of nitrogens with zero attached hydrogens (tertiary/aromatic N) is 1. The smallest absolute Gasteiger partial charge is 0.264 e. The van der Waals surface area contributed by atoms with E-state index < -0.39 is 6.10 Å². The van der Waals surface area contributed by atoms with Crippen LogP contribution in [-0.4, -0.2) is 33.8 Å². The summed E-state index contributed by atoms with van der Waals surface area (Å²) in [6, 6.07) is 19.0. The number of H-pyrrole nitrogens is 1. The molecule has 0 aliphatic heterocycles. The first-order chi connectivity index (χ1) is 13.2. The van der Waals surface area contributed by atoms with Crippen molar-refractivity contribution in [1.82, 2.24) is 10.2 Å². The quantitative estimate of drug-likeness (QED) is 0.448. The lowest BCUT2D eigenvalue weighted by Gasteiger charge is -2.17. The van der Waals surface area contributed by atoms with Gasteiger partial charge in [-0.15, -0.1) is 11.6 Å². The standard InChI is InChI=1S/C20H21ClN4O2/c21-11-16(26)13-23-19-10-15(17-8-9-20(27)25-24-17)6-7-18(19)22-12-14-4-2-1-3-5-14/h1-10,16,22-23,26H,11-13H2,(H,25,27). The summed E-state index contributed by atoms with van der Waals surface area (Å²) in [5, 5.41) is 22.9. The Morgan fingerprint density at radius 1 is 1.04 bits per heavy atom. The lowest BCUT2D eigenvalue weighted by Crippen LogP contribution is -2.21. The number of benzene rings is 2. The molecule has 1 heterocycles. The van der Waals surface area contributed by atoms with Gasteiger partial charge in [-0.3, -0.25) is 4.79 Å². The van der Waals surface area contributed by atoms with Crippen molar-refractivity contribution >= 4 is 23.0 Å². The third-order valence-electron chi connectivity index (χ3n) is 4.03. The Kier molecular flexibility index (Phi) is 6.46. The summed E-state index contributed by atoms with van der Waals surface area (Å²) in [5.74, 6) is 0.154. The third-order valence-corrected chi connectivity index (χ3v) is 4.38. The van der Waals surface area contributed by atoms with Crippen LogP contribution >= 0.6 is 11.6 Å². The van der Waals surface area contributed by atoms with E-state index in [9.17, 15) is 9.90 Å². The molecule has 0 aliphatic carbocycles. The molecule has 0 radical (unpaired) electrons. The van der Waals surface area contributed by atoms with Crippen LogP contribution in [0.15, 0.2) is 65.5 Å². The van der Waals surface area contributed by atoms with Crippen molar-refractivity contribution in [3.8, 4) is 11.3 Å². The second-order valence-electron chi connectivity index (χ2n) is 6.09. The average Bonchev–Trinajstić information content (AvgIpc) is 2.72.